The second-order valence-electron chi connectivity index (χ2n) is 5.09. The number of aromatic amines is 1. The minimum atomic E-state index is -3.73. The van der Waals surface area contributed by atoms with E-state index in [4.69, 9.17) is 0 Å². The molecular weight excluding hydrogens is 290 g/mol. The first kappa shape index (κ1) is 14.1. The van der Waals surface area contributed by atoms with Crippen molar-refractivity contribution in [2.45, 2.75) is 31.3 Å². The van der Waals surface area contributed by atoms with Gasteiger partial charge in [-0.05, 0) is 31.4 Å². The first-order valence-corrected chi connectivity index (χ1v) is 8.25. The van der Waals surface area contributed by atoms with Crippen molar-refractivity contribution in [2.24, 2.45) is 0 Å². The van der Waals surface area contributed by atoms with Gasteiger partial charge >= 0.3 is 0 Å². The van der Waals surface area contributed by atoms with E-state index in [2.05, 4.69) is 10.2 Å². The maximum Gasteiger partial charge on any atom is 0.268 e. The number of aliphatic hydroxyl groups is 1. The molecule has 0 aliphatic carbocycles. The van der Waals surface area contributed by atoms with Gasteiger partial charge in [-0.3, -0.25) is 9.40 Å². The second kappa shape index (κ2) is 5.16. The molecule has 0 saturated carbocycles. The molecule has 1 aliphatic rings. The molecule has 3 rings (SSSR count). The van der Waals surface area contributed by atoms with Crippen LogP contribution in [0, 0.1) is 6.92 Å². The SMILES string of the molecule is Cc1[nH]nc(CO)c1S(=O)(=O)N1CCCc2ccccc21. The summed E-state index contributed by atoms with van der Waals surface area (Å²) in [6.45, 7) is 1.68. The predicted molar refractivity (Wildman–Crippen MR) is 78.5 cm³/mol. The molecule has 0 saturated heterocycles. The van der Waals surface area contributed by atoms with Crippen LogP contribution in [0.3, 0.4) is 0 Å². The van der Waals surface area contributed by atoms with Crippen LogP contribution in [0.15, 0.2) is 29.2 Å². The Morgan fingerprint density at radius 3 is 2.90 bits per heavy atom. The first-order chi connectivity index (χ1) is 10.1. The number of benzene rings is 1. The number of para-hydroxylation sites is 1. The molecule has 0 radical (unpaired) electrons. The lowest BCUT2D eigenvalue weighted by atomic mass is 10.0. The van der Waals surface area contributed by atoms with Gasteiger partial charge in [0.25, 0.3) is 10.0 Å². The quantitative estimate of drug-likeness (QED) is 0.896. The molecule has 0 unspecified atom stereocenters. The number of nitrogens with zero attached hydrogens (tertiary/aromatic N) is 2. The fourth-order valence-corrected chi connectivity index (χ4v) is 4.65. The Bertz CT molecular complexity index is 768. The molecule has 1 aliphatic heterocycles. The summed E-state index contributed by atoms with van der Waals surface area (Å²) in [5, 5.41) is 15.8. The summed E-state index contributed by atoms with van der Waals surface area (Å²) in [7, 11) is -3.73. The zero-order valence-electron chi connectivity index (χ0n) is 11.7. The number of H-pyrrole nitrogens is 1. The van der Waals surface area contributed by atoms with Crippen molar-refractivity contribution in [1.29, 1.82) is 0 Å². The molecule has 2 aromatic rings. The number of sulfonamides is 1. The fraction of sp³-hybridized carbons (Fsp3) is 0.357. The summed E-state index contributed by atoms with van der Waals surface area (Å²) >= 11 is 0. The Labute approximate surface area is 123 Å². The molecule has 7 heteroatoms. The van der Waals surface area contributed by atoms with Gasteiger partial charge < -0.3 is 5.11 Å². The van der Waals surface area contributed by atoms with Crippen LogP contribution in [0.5, 0.6) is 0 Å². The summed E-state index contributed by atoms with van der Waals surface area (Å²) in [4.78, 5) is 0.0849. The molecular formula is C14H17N3O3S. The van der Waals surface area contributed by atoms with E-state index in [9.17, 15) is 13.5 Å². The molecule has 0 bridgehead atoms. The number of nitrogens with one attached hydrogen (secondary N) is 1. The number of aromatic nitrogens is 2. The predicted octanol–water partition coefficient (Wildman–Crippen LogP) is 1.35. The summed E-state index contributed by atoms with van der Waals surface area (Å²) in [6.07, 6.45) is 1.65. The number of rotatable bonds is 3. The standard InChI is InChI=1S/C14H17N3O3S/c1-10-14(12(9-18)16-15-10)21(19,20)17-8-4-6-11-5-2-3-7-13(11)17/h2-3,5,7,18H,4,6,8-9H2,1H3,(H,15,16). The van der Waals surface area contributed by atoms with E-state index in [1.165, 1.54) is 4.31 Å². The third-order valence-corrected chi connectivity index (χ3v) is 5.74. The topological polar surface area (TPSA) is 86.3 Å². The number of hydrogen-bond donors (Lipinski definition) is 2. The van der Waals surface area contributed by atoms with Gasteiger partial charge in [0.05, 0.1) is 18.0 Å². The number of aliphatic hydroxyl groups excluding tert-OH is 1. The zero-order chi connectivity index (χ0) is 15.0. The molecule has 2 N–H and O–H groups in total. The van der Waals surface area contributed by atoms with E-state index in [0.717, 1.165) is 18.4 Å². The molecule has 6 nitrogen and oxygen atoms in total. The monoisotopic (exact) mass is 307 g/mol. The van der Waals surface area contributed by atoms with Crippen molar-refractivity contribution in [2.75, 3.05) is 10.8 Å². The fourth-order valence-electron chi connectivity index (χ4n) is 2.78. The Morgan fingerprint density at radius 2 is 2.14 bits per heavy atom. The normalized spacial score (nSPS) is 15.0. The van der Waals surface area contributed by atoms with Crippen LogP contribution < -0.4 is 4.31 Å². The molecule has 0 spiro atoms. The van der Waals surface area contributed by atoms with Gasteiger partial charge in [0.15, 0.2) is 0 Å². The number of anilines is 1. The molecule has 1 aromatic heterocycles. The molecule has 112 valence electrons. The maximum atomic E-state index is 13.0. The van der Waals surface area contributed by atoms with E-state index >= 15 is 0 Å². The molecule has 2 heterocycles. The summed E-state index contributed by atoms with van der Waals surface area (Å²) < 4.78 is 27.4. The van der Waals surface area contributed by atoms with Crippen molar-refractivity contribution >= 4 is 15.7 Å². The van der Waals surface area contributed by atoms with E-state index < -0.39 is 16.6 Å². The summed E-state index contributed by atoms with van der Waals surface area (Å²) in [5.74, 6) is 0. The molecule has 1 aromatic carbocycles. The average molecular weight is 307 g/mol. The molecule has 0 fully saturated rings. The second-order valence-corrected chi connectivity index (χ2v) is 6.89. The van der Waals surface area contributed by atoms with E-state index in [1.54, 1.807) is 6.92 Å². The largest absolute Gasteiger partial charge is 0.390 e. The van der Waals surface area contributed by atoms with Crippen molar-refractivity contribution in [3.63, 3.8) is 0 Å². The molecule has 0 amide bonds. The van der Waals surface area contributed by atoms with Gasteiger partial charge in [0.2, 0.25) is 0 Å². The first-order valence-electron chi connectivity index (χ1n) is 6.81. The minimum absolute atomic E-state index is 0.0849. The Morgan fingerprint density at radius 1 is 1.38 bits per heavy atom. The van der Waals surface area contributed by atoms with Crippen molar-refractivity contribution < 1.29 is 13.5 Å². The van der Waals surface area contributed by atoms with Crippen LogP contribution in [0.2, 0.25) is 0 Å². The minimum Gasteiger partial charge on any atom is -0.390 e. The summed E-state index contributed by atoms with van der Waals surface area (Å²) in [5.41, 5.74) is 2.35. The number of fused-ring (bicyclic) bond motifs is 1. The lowest BCUT2D eigenvalue weighted by Crippen LogP contribution is -2.36. The molecule has 0 atom stereocenters. The highest BCUT2D eigenvalue weighted by Crippen LogP contribution is 2.33. The van der Waals surface area contributed by atoms with Crippen LogP contribution >= 0.6 is 0 Å². The number of hydrogen-bond acceptors (Lipinski definition) is 4. The van der Waals surface area contributed by atoms with Crippen LogP contribution in [0.25, 0.3) is 0 Å². The van der Waals surface area contributed by atoms with Crippen molar-refractivity contribution in [1.82, 2.24) is 10.2 Å². The van der Waals surface area contributed by atoms with Crippen LogP contribution in [0.4, 0.5) is 5.69 Å². The van der Waals surface area contributed by atoms with Crippen LogP contribution in [-0.4, -0.2) is 30.3 Å². The van der Waals surface area contributed by atoms with Crippen LogP contribution in [0.1, 0.15) is 23.4 Å². The Kier molecular flexibility index (Phi) is 3.46. The highest BCUT2D eigenvalue weighted by molar-refractivity contribution is 7.93. The van der Waals surface area contributed by atoms with Crippen molar-refractivity contribution in [3.8, 4) is 0 Å². The van der Waals surface area contributed by atoms with Gasteiger partial charge in [-0.15, -0.1) is 0 Å². The lowest BCUT2D eigenvalue weighted by molar-refractivity contribution is 0.273. The van der Waals surface area contributed by atoms with Crippen LogP contribution in [-0.2, 0) is 23.1 Å². The van der Waals surface area contributed by atoms with Gasteiger partial charge in [0.1, 0.15) is 10.6 Å². The average Bonchev–Trinajstić information content (AvgIpc) is 2.88. The highest BCUT2D eigenvalue weighted by Gasteiger charge is 2.33. The third kappa shape index (κ3) is 2.22. The maximum absolute atomic E-state index is 13.0. The summed E-state index contributed by atoms with van der Waals surface area (Å²) in [6, 6.07) is 7.52. The Balaban J connectivity index is 2.14. The third-order valence-electron chi connectivity index (χ3n) is 3.73. The van der Waals surface area contributed by atoms with Gasteiger partial charge in [-0.25, -0.2) is 8.42 Å². The molecule has 21 heavy (non-hydrogen) atoms. The lowest BCUT2D eigenvalue weighted by Gasteiger charge is -2.30. The zero-order valence-corrected chi connectivity index (χ0v) is 12.5. The van der Waals surface area contributed by atoms with Crippen molar-refractivity contribution in [3.05, 3.63) is 41.2 Å². The van der Waals surface area contributed by atoms with Gasteiger partial charge in [0, 0.05) is 6.54 Å². The highest BCUT2D eigenvalue weighted by atomic mass is 32.2. The van der Waals surface area contributed by atoms with E-state index in [1.807, 2.05) is 24.3 Å². The van der Waals surface area contributed by atoms with Gasteiger partial charge in [-0.1, -0.05) is 18.2 Å². The smallest absolute Gasteiger partial charge is 0.268 e. The van der Waals surface area contributed by atoms with Gasteiger partial charge in [-0.2, -0.15) is 5.10 Å². The number of aryl methyl sites for hydroxylation is 2. The van der Waals surface area contributed by atoms with E-state index in [-0.39, 0.29) is 10.6 Å². The Hall–Kier alpha value is -1.86. The van der Waals surface area contributed by atoms with E-state index in [0.29, 0.717) is 17.9 Å².